The van der Waals surface area contributed by atoms with Crippen molar-refractivity contribution in [2.45, 2.75) is 24.4 Å². The molecular weight excluding hydrogens is 421 g/mol. The van der Waals surface area contributed by atoms with Gasteiger partial charge in [0.2, 0.25) is 0 Å². The van der Waals surface area contributed by atoms with Crippen molar-refractivity contribution < 1.29 is 36.2 Å². The van der Waals surface area contributed by atoms with Gasteiger partial charge in [0.15, 0.2) is 9.84 Å². The summed E-state index contributed by atoms with van der Waals surface area (Å²) >= 11 is 6.02. The van der Waals surface area contributed by atoms with Crippen LogP contribution in [0.3, 0.4) is 0 Å². The van der Waals surface area contributed by atoms with E-state index in [0.717, 1.165) is 30.5 Å². The molecule has 0 amide bonds. The zero-order valence-electron chi connectivity index (χ0n) is 14.7. The molecule has 0 bridgehead atoms. The number of carbonyl (C=O) groups is 1. The number of carboxylic acids is 1. The summed E-state index contributed by atoms with van der Waals surface area (Å²) in [5, 5.41) is 8.95. The van der Waals surface area contributed by atoms with Crippen LogP contribution in [-0.4, -0.2) is 25.7 Å². The fourth-order valence-electron chi connectivity index (χ4n) is 2.33. The second-order valence-electron chi connectivity index (χ2n) is 6.23. The lowest BCUT2D eigenvalue weighted by atomic mass is 9.99. The SMILES string of the molecule is CC(Cc1ccc(C(F)(F)F)cc1Oc1ccc(S(C)(=O)=O)cc1Cl)C(=O)O. The van der Waals surface area contributed by atoms with Crippen LogP contribution in [0.1, 0.15) is 18.1 Å². The van der Waals surface area contributed by atoms with Crippen molar-refractivity contribution in [2.75, 3.05) is 6.26 Å². The predicted octanol–water partition coefficient (Wildman–Crippen LogP) is 4.82. The van der Waals surface area contributed by atoms with Gasteiger partial charge in [-0.05, 0) is 42.3 Å². The molecule has 0 aliphatic rings. The number of aliphatic carboxylic acids is 1. The summed E-state index contributed by atoms with van der Waals surface area (Å²) in [5.41, 5.74) is -0.732. The largest absolute Gasteiger partial charge is 0.481 e. The van der Waals surface area contributed by atoms with E-state index in [0.29, 0.717) is 0 Å². The fraction of sp³-hybridized carbons (Fsp3) is 0.278. The van der Waals surface area contributed by atoms with E-state index < -0.39 is 33.5 Å². The summed E-state index contributed by atoms with van der Waals surface area (Å²) in [6.45, 7) is 1.41. The minimum atomic E-state index is -4.63. The van der Waals surface area contributed by atoms with Gasteiger partial charge in [-0.3, -0.25) is 4.79 Å². The number of hydrogen-bond acceptors (Lipinski definition) is 4. The molecule has 5 nitrogen and oxygen atoms in total. The maximum atomic E-state index is 13.1. The van der Waals surface area contributed by atoms with Crippen LogP contribution in [0.25, 0.3) is 0 Å². The van der Waals surface area contributed by atoms with Gasteiger partial charge in [-0.25, -0.2) is 8.42 Å². The Bertz CT molecular complexity index is 1000. The average Bonchev–Trinajstić information content (AvgIpc) is 2.56. The van der Waals surface area contributed by atoms with E-state index in [4.69, 9.17) is 21.4 Å². The van der Waals surface area contributed by atoms with Crippen LogP contribution in [-0.2, 0) is 27.2 Å². The highest BCUT2D eigenvalue weighted by atomic mass is 35.5. The molecule has 0 heterocycles. The van der Waals surface area contributed by atoms with Crippen LogP contribution in [0.4, 0.5) is 13.2 Å². The van der Waals surface area contributed by atoms with Crippen molar-refractivity contribution >= 4 is 27.4 Å². The Morgan fingerprint density at radius 2 is 1.82 bits per heavy atom. The first-order valence-corrected chi connectivity index (χ1v) is 10.2. The maximum absolute atomic E-state index is 13.1. The molecule has 28 heavy (non-hydrogen) atoms. The van der Waals surface area contributed by atoms with Gasteiger partial charge in [0.1, 0.15) is 11.5 Å². The third-order valence-corrected chi connectivity index (χ3v) is 5.30. The van der Waals surface area contributed by atoms with Crippen molar-refractivity contribution in [3.8, 4) is 11.5 Å². The summed E-state index contributed by atoms with van der Waals surface area (Å²) in [7, 11) is -3.53. The van der Waals surface area contributed by atoms with Gasteiger partial charge in [0.05, 0.1) is 21.4 Å². The first-order valence-electron chi connectivity index (χ1n) is 7.89. The zero-order chi connectivity index (χ0) is 21.3. The van der Waals surface area contributed by atoms with Gasteiger partial charge >= 0.3 is 12.1 Å². The number of rotatable bonds is 6. The molecule has 10 heteroatoms. The first kappa shape index (κ1) is 22.0. The van der Waals surface area contributed by atoms with Gasteiger partial charge < -0.3 is 9.84 Å². The third kappa shape index (κ3) is 5.39. The van der Waals surface area contributed by atoms with Gasteiger partial charge in [-0.15, -0.1) is 0 Å². The minimum absolute atomic E-state index is 0.0578. The van der Waals surface area contributed by atoms with Crippen molar-refractivity contribution in [1.29, 1.82) is 0 Å². The van der Waals surface area contributed by atoms with Gasteiger partial charge in [-0.2, -0.15) is 13.2 Å². The number of benzene rings is 2. The minimum Gasteiger partial charge on any atom is -0.481 e. The van der Waals surface area contributed by atoms with E-state index in [1.165, 1.54) is 19.1 Å². The Hall–Kier alpha value is -2.26. The van der Waals surface area contributed by atoms with E-state index >= 15 is 0 Å². The van der Waals surface area contributed by atoms with E-state index in [-0.39, 0.29) is 33.4 Å². The number of alkyl halides is 3. The molecule has 0 aliphatic carbocycles. The summed E-state index contributed by atoms with van der Waals surface area (Å²) in [4.78, 5) is 11.0. The Morgan fingerprint density at radius 3 is 2.32 bits per heavy atom. The molecule has 2 aromatic carbocycles. The van der Waals surface area contributed by atoms with Crippen molar-refractivity contribution in [3.05, 3.63) is 52.5 Å². The second kappa shape index (κ2) is 8.00. The van der Waals surface area contributed by atoms with E-state index in [2.05, 4.69) is 0 Å². The van der Waals surface area contributed by atoms with Crippen LogP contribution >= 0.6 is 11.6 Å². The normalized spacial score (nSPS) is 13.2. The molecule has 0 fully saturated rings. The first-order chi connectivity index (χ1) is 12.8. The molecule has 152 valence electrons. The Kier molecular flexibility index (Phi) is 6.30. The smallest absolute Gasteiger partial charge is 0.416 e. The van der Waals surface area contributed by atoms with Gasteiger partial charge in [-0.1, -0.05) is 24.6 Å². The highest BCUT2D eigenvalue weighted by Gasteiger charge is 2.31. The molecule has 0 spiro atoms. The quantitative estimate of drug-likeness (QED) is 0.702. The number of ether oxygens (including phenoxy) is 1. The molecule has 2 rings (SSSR count). The number of halogens is 4. The lowest BCUT2D eigenvalue weighted by Gasteiger charge is -2.16. The molecule has 2 aromatic rings. The molecule has 0 saturated heterocycles. The molecule has 0 radical (unpaired) electrons. The molecule has 0 saturated carbocycles. The Balaban J connectivity index is 2.48. The maximum Gasteiger partial charge on any atom is 0.416 e. The highest BCUT2D eigenvalue weighted by molar-refractivity contribution is 7.90. The predicted molar refractivity (Wildman–Crippen MR) is 96.6 cm³/mol. The lowest BCUT2D eigenvalue weighted by molar-refractivity contribution is -0.141. The van der Waals surface area contributed by atoms with Crippen molar-refractivity contribution in [2.24, 2.45) is 5.92 Å². The second-order valence-corrected chi connectivity index (χ2v) is 8.65. The summed E-state index contributed by atoms with van der Waals surface area (Å²) in [6, 6.07) is 6.30. The molecule has 1 unspecified atom stereocenters. The van der Waals surface area contributed by atoms with Crippen molar-refractivity contribution in [1.82, 2.24) is 0 Å². The van der Waals surface area contributed by atoms with Crippen LogP contribution < -0.4 is 4.74 Å². The highest BCUT2D eigenvalue weighted by Crippen LogP contribution is 2.38. The Labute approximate surface area is 164 Å². The van der Waals surface area contributed by atoms with E-state index in [1.807, 2.05) is 0 Å². The topological polar surface area (TPSA) is 80.7 Å². The zero-order valence-corrected chi connectivity index (χ0v) is 16.3. The molecule has 1 N–H and O–H groups in total. The van der Waals surface area contributed by atoms with Gasteiger partial charge in [0, 0.05) is 6.26 Å². The molecular formula is C18H16ClF3O5S. The monoisotopic (exact) mass is 436 g/mol. The average molecular weight is 437 g/mol. The van der Waals surface area contributed by atoms with E-state index in [9.17, 15) is 26.4 Å². The summed E-state index contributed by atoms with van der Waals surface area (Å²) < 4.78 is 67.8. The third-order valence-electron chi connectivity index (χ3n) is 3.89. The van der Waals surface area contributed by atoms with Crippen LogP contribution in [0.15, 0.2) is 41.3 Å². The molecule has 0 aromatic heterocycles. The molecule has 1 atom stereocenters. The summed E-state index contributed by atoms with van der Waals surface area (Å²) in [6.07, 6.45) is -3.71. The van der Waals surface area contributed by atoms with Crippen LogP contribution in [0.5, 0.6) is 11.5 Å². The number of sulfone groups is 1. The Morgan fingerprint density at radius 1 is 1.18 bits per heavy atom. The number of hydrogen-bond donors (Lipinski definition) is 1. The van der Waals surface area contributed by atoms with Gasteiger partial charge in [0.25, 0.3) is 0 Å². The van der Waals surface area contributed by atoms with Crippen LogP contribution in [0.2, 0.25) is 5.02 Å². The fourth-order valence-corrected chi connectivity index (χ4v) is 3.26. The standard InChI is InChI=1S/C18H16ClF3O5S/c1-10(17(23)24)7-11-3-4-12(18(20,21)22)8-16(11)27-15-6-5-13(9-14(15)19)28(2,25)26/h3-6,8-10H,7H2,1-2H3,(H,23,24). The number of carboxylic acid groups (broad SMARTS) is 1. The summed E-state index contributed by atoms with van der Waals surface area (Å²) in [5.74, 6) is -2.24. The molecule has 0 aliphatic heterocycles. The van der Waals surface area contributed by atoms with Crippen molar-refractivity contribution in [3.63, 3.8) is 0 Å². The van der Waals surface area contributed by atoms with Crippen LogP contribution in [0, 0.1) is 5.92 Å². The van der Waals surface area contributed by atoms with E-state index in [1.54, 1.807) is 0 Å². The lowest BCUT2D eigenvalue weighted by Crippen LogP contribution is -2.13.